The lowest BCUT2D eigenvalue weighted by Crippen LogP contribution is -2.69. The second-order valence-electron chi connectivity index (χ2n) is 10.4. The lowest BCUT2D eigenvalue weighted by Gasteiger charge is -2.49. The van der Waals surface area contributed by atoms with E-state index in [1.165, 1.54) is 10.5 Å². The molecule has 0 unspecified atom stereocenters. The number of aromatic nitrogens is 4. The molecule has 196 valence electrons. The van der Waals surface area contributed by atoms with Gasteiger partial charge in [0.2, 0.25) is 0 Å². The quantitative estimate of drug-likeness (QED) is 0.475. The summed E-state index contributed by atoms with van der Waals surface area (Å²) in [4.78, 5) is 8.42. The maximum Gasteiger partial charge on any atom is 0.411 e. The first-order valence-electron chi connectivity index (χ1n) is 12.5. The van der Waals surface area contributed by atoms with Gasteiger partial charge in [0.15, 0.2) is 11.4 Å². The van der Waals surface area contributed by atoms with E-state index in [1.807, 2.05) is 17.6 Å². The molecule has 5 heterocycles. The number of fused-ring (bicyclic) bond motifs is 3. The highest BCUT2D eigenvalue weighted by atomic mass is 35.5. The normalized spacial score (nSPS) is 20.2. The third-order valence-electron chi connectivity index (χ3n) is 7.81. The molecule has 0 N–H and O–H groups in total. The maximum atomic E-state index is 14.2. The Balaban J connectivity index is 1.33. The molecular formula is C26H28ClF3N6O. The predicted octanol–water partition coefficient (Wildman–Crippen LogP) is 4.96. The molecule has 0 radical (unpaired) electrons. The molecule has 3 aliphatic rings. The van der Waals surface area contributed by atoms with E-state index in [2.05, 4.69) is 34.2 Å². The highest BCUT2D eigenvalue weighted by Gasteiger charge is 2.63. The van der Waals surface area contributed by atoms with Crippen molar-refractivity contribution in [1.29, 1.82) is 0 Å². The summed E-state index contributed by atoms with van der Waals surface area (Å²) in [7, 11) is 0. The molecule has 0 aliphatic carbocycles. The van der Waals surface area contributed by atoms with Gasteiger partial charge >= 0.3 is 6.18 Å². The lowest BCUT2D eigenvalue weighted by molar-refractivity contribution is -0.310. The van der Waals surface area contributed by atoms with Crippen LogP contribution in [0.25, 0.3) is 5.69 Å². The van der Waals surface area contributed by atoms with E-state index < -0.39 is 24.9 Å². The molecule has 2 aromatic heterocycles. The minimum absolute atomic E-state index is 0.0213. The van der Waals surface area contributed by atoms with E-state index in [1.54, 1.807) is 12.1 Å². The maximum absolute atomic E-state index is 14.2. The molecule has 1 aromatic carbocycles. The number of ether oxygens (including phenoxy) is 1. The second-order valence-corrected chi connectivity index (χ2v) is 10.8. The first kappa shape index (κ1) is 24.6. The van der Waals surface area contributed by atoms with E-state index in [0.717, 1.165) is 54.5 Å². The van der Waals surface area contributed by atoms with Crippen molar-refractivity contribution in [2.24, 2.45) is 0 Å². The topological polar surface area (TPSA) is 59.3 Å². The third kappa shape index (κ3) is 4.19. The Kier molecular flexibility index (Phi) is 5.96. The van der Waals surface area contributed by atoms with Crippen LogP contribution in [-0.4, -0.2) is 62.7 Å². The minimum Gasteiger partial charge on any atom is -0.377 e. The van der Waals surface area contributed by atoms with Gasteiger partial charge in [-0.25, -0.2) is 4.98 Å². The number of aryl methyl sites for hydroxylation is 2. The Morgan fingerprint density at radius 2 is 1.78 bits per heavy atom. The number of pyridine rings is 1. The number of hydrogen-bond donors (Lipinski definition) is 0. The van der Waals surface area contributed by atoms with Crippen molar-refractivity contribution in [2.75, 3.05) is 31.2 Å². The molecule has 11 heteroatoms. The monoisotopic (exact) mass is 532 g/mol. The zero-order valence-electron chi connectivity index (χ0n) is 20.7. The van der Waals surface area contributed by atoms with Crippen molar-refractivity contribution in [3.63, 3.8) is 0 Å². The Morgan fingerprint density at radius 1 is 1.03 bits per heavy atom. The Bertz CT molecular complexity index is 1310. The van der Waals surface area contributed by atoms with Crippen molar-refractivity contribution in [3.8, 4) is 5.69 Å². The number of halogens is 4. The van der Waals surface area contributed by atoms with Crippen molar-refractivity contribution in [2.45, 2.75) is 57.4 Å². The van der Waals surface area contributed by atoms with E-state index in [9.17, 15) is 13.2 Å². The van der Waals surface area contributed by atoms with Crippen molar-refractivity contribution < 1.29 is 17.9 Å². The van der Waals surface area contributed by atoms with Crippen LogP contribution in [0.2, 0.25) is 5.02 Å². The molecule has 6 rings (SSSR count). The molecule has 3 aliphatic heterocycles. The van der Waals surface area contributed by atoms with Crippen LogP contribution < -0.4 is 4.90 Å². The molecule has 7 nitrogen and oxygen atoms in total. The summed E-state index contributed by atoms with van der Waals surface area (Å²) in [5, 5.41) is 9.44. The van der Waals surface area contributed by atoms with Gasteiger partial charge in [-0.1, -0.05) is 11.6 Å². The lowest BCUT2D eigenvalue weighted by atomic mass is 9.93. The van der Waals surface area contributed by atoms with Crippen molar-refractivity contribution >= 4 is 17.4 Å². The zero-order valence-corrected chi connectivity index (χ0v) is 21.5. The molecule has 2 fully saturated rings. The summed E-state index contributed by atoms with van der Waals surface area (Å²) in [6.45, 7) is 5.04. The highest BCUT2D eigenvalue weighted by Crippen LogP contribution is 2.44. The summed E-state index contributed by atoms with van der Waals surface area (Å²) in [6, 6.07) is 9.55. The smallest absolute Gasteiger partial charge is 0.377 e. The van der Waals surface area contributed by atoms with Gasteiger partial charge < -0.3 is 9.64 Å². The van der Waals surface area contributed by atoms with Crippen LogP contribution >= 0.6 is 11.6 Å². The Morgan fingerprint density at radius 3 is 2.43 bits per heavy atom. The van der Waals surface area contributed by atoms with Gasteiger partial charge in [0.05, 0.1) is 25.4 Å². The summed E-state index contributed by atoms with van der Waals surface area (Å²) in [5.41, 5.74) is 1.64. The molecule has 37 heavy (non-hydrogen) atoms. The standard InChI is InChI=1S/C26H28ClF3N6O/c1-16-9-17(2)31-22(10-16)34-7-5-18(6-8-34)24-33-32-23-13-35(25(14-37-15-25)26(28,29)30)12-19-11-20(27)3-4-21(19)36(23)24/h3-4,9-11,18H,5-8,12-15H2,1-2H3. The fourth-order valence-corrected chi connectivity index (χ4v) is 5.96. The van der Waals surface area contributed by atoms with Gasteiger partial charge in [-0.05, 0) is 68.1 Å². The van der Waals surface area contributed by atoms with Crippen LogP contribution in [0.4, 0.5) is 19.0 Å². The van der Waals surface area contributed by atoms with E-state index in [-0.39, 0.29) is 19.0 Å². The number of piperidine rings is 1. The predicted molar refractivity (Wildman–Crippen MR) is 133 cm³/mol. The molecule has 0 amide bonds. The molecule has 0 saturated carbocycles. The number of alkyl halides is 3. The zero-order chi connectivity index (χ0) is 25.9. The van der Waals surface area contributed by atoms with Gasteiger partial charge in [0, 0.05) is 36.3 Å². The molecule has 0 bridgehead atoms. The summed E-state index contributed by atoms with van der Waals surface area (Å²) in [5.74, 6) is 2.40. The van der Waals surface area contributed by atoms with E-state index in [4.69, 9.17) is 21.3 Å². The van der Waals surface area contributed by atoms with Crippen LogP contribution in [0.3, 0.4) is 0 Å². The van der Waals surface area contributed by atoms with Gasteiger partial charge in [-0.15, -0.1) is 10.2 Å². The second kappa shape index (κ2) is 8.96. The molecule has 0 atom stereocenters. The molecular weight excluding hydrogens is 505 g/mol. The Hall–Kier alpha value is -2.69. The molecule has 2 saturated heterocycles. The highest BCUT2D eigenvalue weighted by molar-refractivity contribution is 6.30. The van der Waals surface area contributed by atoms with Crippen LogP contribution in [0.15, 0.2) is 30.3 Å². The van der Waals surface area contributed by atoms with E-state index >= 15 is 0 Å². The van der Waals surface area contributed by atoms with Crippen molar-refractivity contribution in [3.05, 3.63) is 63.8 Å². The average molecular weight is 533 g/mol. The third-order valence-corrected chi connectivity index (χ3v) is 8.05. The number of rotatable bonds is 3. The summed E-state index contributed by atoms with van der Waals surface area (Å²) < 4.78 is 49.7. The van der Waals surface area contributed by atoms with Crippen LogP contribution in [-0.2, 0) is 17.8 Å². The summed E-state index contributed by atoms with van der Waals surface area (Å²) in [6.07, 6.45) is -2.74. The van der Waals surface area contributed by atoms with Crippen LogP contribution in [0.1, 0.15) is 47.2 Å². The number of benzene rings is 1. The first-order chi connectivity index (χ1) is 17.6. The van der Waals surface area contributed by atoms with Crippen LogP contribution in [0.5, 0.6) is 0 Å². The fraction of sp³-hybridized carbons (Fsp3) is 0.500. The van der Waals surface area contributed by atoms with E-state index in [0.29, 0.717) is 10.8 Å². The molecule has 3 aromatic rings. The summed E-state index contributed by atoms with van der Waals surface area (Å²) >= 11 is 6.30. The van der Waals surface area contributed by atoms with Gasteiger partial charge in [0.25, 0.3) is 0 Å². The Labute approximate surface area is 218 Å². The van der Waals surface area contributed by atoms with Gasteiger partial charge in [0.1, 0.15) is 11.6 Å². The SMILES string of the molecule is Cc1cc(C)nc(N2CCC(c3nnc4n3-c3ccc(Cl)cc3CN(C3(C(F)(F)F)COC3)C4)CC2)c1. The average Bonchev–Trinajstić information content (AvgIpc) is 3.13. The fourth-order valence-electron chi connectivity index (χ4n) is 5.76. The van der Waals surface area contributed by atoms with Gasteiger partial charge in [-0.3, -0.25) is 9.47 Å². The molecule has 0 spiro atoms. The first-order valence-corrected chi connectivity index (χ1v) is 12.9. The van der Waals surface area contributed by atoms with Crippen LogP contribution in [0, 0.1) is 13.8 Å². The van der Waals surface area contributed by atoms with Gasteiger partial charge in [-0.2, -0.15) is 13.2 Å². The number of hydrogen-bond acceptors (Lipinski definition) is 6. The number of nitrogens with zero attached hydrogens (tertiary/aromatic N) is 6. The van der Waals surface area contributed by atoms with Crippen molar-refractivity contribution in [1.82, 2.24) is 24.6 Å². The number of anilines is 1. The largest absolute Gasteiger partial charge is 0.411 e. The minimum atomic E-state index is -4.43.